The van der Waals surface area contributed by atoms with E-state index in [1.54, 1.807) is 17.8 Å². The molecule has 0 spiro atoms. The number of thioether (sulfide) groups is 1. The second-order valence-corrected chi connectivity index (χ2v) is 9.45. The number of hydrogen-bond donors (Lipinski definition) is 3. The number of nitrogens with one attached hydrogen (secondary N) is 2. The average Bonchev–Trinajstić information content (AvgIpc) is 2.80. The van der Waals surface area contributed by atoms with Crippen molar-refractivity contribution in [2.75, 3.05) is 30.0 Å². The molecule has 0 amide bonds. The van der Waals surface area contributed by atoms with Gasteiger partial charge in [0.15, 0.2) is 5.82 Å². The molecule has 2 heterocycles. The number of nitrogens with two attached hydrogens (primary N) is 1. The van der Waals surface area contributed by atoms with Crippen molar-refractivity contribution in [1.29, 1.82) is 0 Å². The van der Waals surface area contributed by atoms with Crippen LogP contribution in [0.5, 0.6) is 5.75 Å². The highest BCUT2D eigenvalue weighted by Gasteiger charge is 2.13. The van der Waals surface area contributed by atoms with E-state index < -0.39 is 5.82 Å². The van der Waals surface area contributed by atoms with Gasteiger partial charge in [-0.3, -0.25) is 0 Å². The van der Waals surface area contributed by atoms with Gasteiger partial charge in [-0.1, -0.05) is 13.8 Å². The van der Waals surface area contributed by atoms with Crippen LogP contribution in [0.1, 0.15) is 38.7 Å². The van der Waals surface area contributed by atoms with Crippen molar-refractivity contribution < 1.29 is 13.5 Å². The molecule has 0 saturated carbocycles. The summed E-state index contributed by atoms with van der Waals surface area (Å²) in [5.74, 6) is 0.918. The van der Waals surface area contributed by atoms with Gasteiger partial charge in [-0.25, -0.2) is 18.7 Å². The van der Waals surface area contributed by atoms with Crippen LogP contribution < -0.4 is 21.1 Å². The summed E-state index contributed by atoms with van der Waals surface area (Å²) in [6.45, 7) is 5.11. The first-order valence-corrected chi connectivity index (χ1v) is 13.1. The summed E-state index contributed by atoms with van der Waals surface area (Å²) in [4.78, 5) is 8.44. The van der Waals surface area contributed by atoms with Crippen LogP contribution >= 0.6 is 11.8 Å². The molecular formula is C26H33F2N5OS. The number of anilines is 3. The Morgan fingerprint density at radius 3 is 2.66 bits per heavy atom. The fourth-order valence-electron chi connectivity index (χ4n) is 3.45. The summed E-state index contributed by atoms with van der Waals surface area (Å²) in [6.07, 6.45) is 5.89. The number of hydrogen-bond acceptors (Lipinski definition) is 7. The van der Waals surface area contributed by atoms with Gasteiger partial charge in [0.1, 0.15) is 17.3 Å². The molecule has 0 atom stereocenters. The lowest BCUT2D eigenvalue weighted by atomic mass is 10.1. The number of rotatable bonds is 2. The zero-order valence-corrected chi connectivity index (χ0v) is 21.2. The van der Waals surface area contributed by atoms with E-state index >= 15 is 0 Å². The highest BCUT2D eigenvalue weighted by Crippen LogP contribution is 2.29. The van der Waals surface area contributed by atoms with Crippen molar-refractivity contribution in [3.05, 3.63) is 59.8 Å². The van der Waals surface area contributed by atoms with E-state index in [0.717, 1.165) is 48.2 Å². The summed E-state index contributed by atoms with van der Waals surface area (Å²) in [6, 6.07) is 10.7. The van der Waals surface area contributed by atoms with Gasteiger partial charge in [-0.2, -0.15) is 11.8 Å². The third-order valence-electron chi connectivity index (χ3n) is 4.92. The Morgan fingerprint density at radius 2 is 1.89 bits per heavy atom. The first kappa shape index (κ1) is 26.7. The Kier molecular flexibility index (Phi) is 10.1. The van der Waals surface area contributed by atoms with Gasteiger partial charge in [0, 0.05) is 29.6 Å². The average molecular weight is 502 g/mol. The molecule has 0 saturated heterocycles. The maximum absolute atomic E-state index is 14.5. The molecule has 188 valence electrons. The second-order valence-electron chi connectivity index (χ2n) is 8.59. The van der Waals surface area contributed by atoms with Gasteiger partial charge in [-0.05, 0) is 67.5 Å². The fraction of sp³-hybridized carbons (Fsp3) is 0.385. The summed E-state index contributed by atoms with van der Waals surface area (Å²) in [5, 5.41) is 6.26. The summed E-state index contributed by atoms with van der Waals surface area (Å²) in [5.41, 5.74) is 7.92. The Hall–Kier alpha value is -2.91. The quantitative estimate of drug-likeness (QED) is 0.377. The highest BCUT2D eigenvalue weighted by atomic mass is 32.2. The van der Waals surface area contributed by atoms with E-state index in [-0.39, 0.29) is 17.5 Å². The van der Waals surface area contributed by atoms with Crippen LogP contribution in [0.3, 0.4) is 0 Å². The molecule has 3 aromatic rings. The summed E-state index contributed by atoms with van der Waals surface area (Å²) >= 11 is 1.72. The van der Waals surface area contributed by atoms with Crippen LogP contribution in [0.4, 0.5) is 26.1 Å². The van der Waals surface area contributed by atoms with Gasteiger partial charge in [-0.15, -0.1) is 0 Å². The lowest BCUT2D eigenvalue weighted by molar-refractivity contribution is 0.306. The number of ether oxygens (including phenoxy) is 1. The number of halogens is 2. The van der Waals surface area contributed by atoms with E-state index in [2.05, 4.69) is 20.6 Å². The van der Waals surface area contributed by atoms with E-state index in [1.807, 2.05) is 38.3 Å². The van der Waals surface area contributed by atoms with Crippen LogP contribution in [0.2, 0.25) is 0 Å². The van der Waals surface area contributed by atoms with Crippen molar-refractivity contribution >= 4 is 29.1 Å². The normalized spacial score (nSPS) is 13.5. The molecule has 0 radical (unpaired) electrons. The van der Waals surface area contributed by atoms with E-state index in [0.29, 0.717) is 30.4 Å². The number of benzene rings is 2. The van der Waals surface area contributed by atoms with Crippen molar-refractivity contribution in [2.24, 2.45) is 5.73 Å². The number of aromatic nitrogens is 2. The monoisotopic (exact) mass is 501 g/mol. The summed E-state index contributed by atoms with van der Waals surface area (Å²) < 4.78 is 34.7. The molecule has 1 aromatic heterocycles. The Bertz CT molecular complexity index is 1110. The maximum atomic E-state index is 14.5. The highest BCUT2D eigenvalue weighted by molar-refractivity contribution is 7.97. The topological polar surface area (TPSA) is 85.1 Å². The van der Waals surface area contributed by atoms with E-state index in [1.165, 1.54) is 12.1 Å². The molecule has 6 nitrogen and oxygen atoms in total. The first-order chi connectivity index (χ1) is 16.9. The largest absolute Gasteiger partial charge is 0.494 e. The van der Waals surface area contributed by atoms with E-state index in [4.69, 9.17) is 10.5 Å². The van der Waals surface area contributed by atoms with Crippen molar-refractivity contribution in [1.82, 2.24) is 9.97 Å². The molecule has 1 aliphatic heterocycles. The van der Waals surface area contributed by atoms with Gasteiger partial charge in [0.25, 0.3) is 0 Å². The Morgan fingerprint density at radius 1 is 1.09 bits per heavy atom. The fourth-order valence-corrected chi connectivity index (χ4v) is 3.95. The predicted molar refractivity (Wildman–Crippen MR) is 141 cm³/mol. The third kappa shape index (κ3) is 8.36. The minimum absolute atomic E-state index is 0.113. The van der Waals surface area contributed by atoms with Gasteiger partial charge < -0.3 is 21.1 Å². The minimum Gasteiger partial charge on any atom is -0.494 e. The lowest BCUT2D eigenvalue weighted by Crippen LogP contribution is -2.06. The molecular weight excluding hydrogens is 468 g/mol. The molecule has 0 fully saturated rings. The minimum atomic E-state index is -0.568. The molecule has 4 N–H and O–H groups in total. The van der Waals surface area contributed by atoms with Crippen LogP contribution in [-0.2, 0) is 5.75 Å². The number of fused-ring (bicyclic) bond motifs is 7. The summed E-state index contributed by atoms with van der Waals surface area (Å²) in [7, 11) is 0. The molecule has 6 bridgehead atoms. The molecule has 4 rings (SSSR count). The van der Waals surface area contributed by atoms with Crippen LogP contribution in [0, 0.1) is 11.6 Å². The second kappa shape index (κ2) is 13.3. The zero-order chi connectivity index (χ0) is 25.2. The lowest BCUT2D eigenvalue weighted by Gasteiger charge is -2.12. The van der Waals surface area contributed by atoms with Gasteiger partial charge in [0.2, 0.25) is 5.95 Å². The standard InChI is InChI=1S/C23H24F2N4OS.C3H9N/c1-31-14-15-9-17-12-18(10-15)30-8-4-2-3-7-26-21-11-16(5-6-19(21)24)22-20(25)13-27-23(28-17)29-22;1-3(2)4/h5-6,9-13,26H,2-4,7-8,14H2,1H3,(H,27,28,29);3H,4H2,1-2H3. The van der Waals surface area contributed by atoms with Gasteiger partial charge in [0.05, 0.1) is 18.5 Å². The molecule has 2 aromatic carbocycles. The molecule has 0 aliphatic carbocycles. The first-order valence-electron chi connectivity index (χ1n) is 11.7. The molecule has 0 unspecified atom stereocenters. The third-order valence-corrected chi connectivity index (χ3v) is 5.54. The molecule has 9 heteroatoms. The molecule has 35 heavy (non-hydrogen) atoms. The Balaban J connectivity index is 0.000000795. The van der Waals surface area contributed by atoms with Crippen LogP contribution in [0.15, 0.2) is 42.6 Å². The van der Waals surface area contributed by atoms with Crippen molar-refractivity contribution in [2.45, 2.75) is 44.9 Å². The predicted octanol–water partition coefficient (Wildman–Crippen LogP) is 6.36. The van der Waals surface area contributed by atoms with Crippen LogP contribution in [-0.4, -0.2) is 35.4 Å². The zero-order valence-electron chi connectivity index (χ0n) is 20.4. The van der Waals surface area contributed by atoms with Crippen molar-refractivity contribution in [3.63, 3.8) is 0 Å². The maximum Gasteiger partial charge on any atom is 0.227 e. The van der Waals surface area contributed by atoms with Crippen molar-refractivity contribution in [3.8, 4) is 17.0 Å². The van der Waals surface area contributed by atoms with Crippen LogP contribution in [0.25, 0.3) is 11.3 Å². The molecule has 1 aliphatic rings. The SMILES string of the molecule is CC(C)N.CSCc1cc2cc(c1)OCCCCCNc1cc(ccc1F)-c1nc(ncc1F)N2. The van der Waals surface area contributed by atoms with Gasteiger partial charge >= 0.3 is 0 Å². The number of nitrogens with zero attached hydrogens (tertiary/aromatic N) is 2. The van der Waals surface area contributed by atoms with E-state index in [9.17, 15) is 8.78 Å². The smallest absolute Gasteiger partial charge is 0.227 e. The Labute approximate surface area is 210 Å².